The van der Waals surface area contributed by atoms with E-state index >= 15 is 0 Å². The van der Waals surface area contributed by atoms with Crippen molar-refractivity contribution in [2.75, 3.05) is 5.32 Å². The molecule has 0 spiro atoms. The molecule has 0 saturated heterocycles. The normalized spacial score (nSPS) is 18.3. The largest absolute Gasteiger partial charge is 0.447 e. The summed E-state index contributed by atoms with van der Waals surface area (Å²) < 4.78 is 31.9. The first-order valence-electron chi connectivity index (χ1n) is 11.9. The maximum absolute atomic E-state index is 12.5. The highest BCUT2D eigenvalue weighted by Gasteiger charge is 2.28. The van der Waals surface area contributed by atoms with Gasteiger partial charge in [-0.3, -0.25) is 4.68 Å². The van der Waals surface area contributed by atoms with Gasteiger partial charge in [0.2, 0.25) is 10.0 Å². The van der Waals surface area contributed by atoms with E-state index in [1.165, 1.54) is 17.4 Å². The van der Waals surface area contributed by atoms with Gasteiger partial charge in [-0.15, -0.1) is 11.3 Å². The number of carbonyl (C=O) groups excluding carboxylic acids is 1. The molecular weight excluding hydrogens is 500 g/mol. The fourth-order valence-corrected chi connectivity index (χ4v) is 6.50. The topological polar surface area (TPSA) is 141 Å². The number of carbonyl (C=O) groups is 1. The molecular formula is C24H32N6O4S2. The number of benzene rings is 1. The van der Waals surface area contributed by atoms with E-state index in [0.29, 0.717) is 17.1 Å². The number of aryl methyl sites for hydroxylation is 2. The summed E-state index contributed by atoms with van der Waals surface area (Å²) in [5.74, 6) is 0.856. The van der Waals surface area contributed by atoms with Crippen molar-refractivity contribution in [2.24, 2.45) is 12.2 Å². The molecule has 194 valence electrons. The summed E-state index contributed by atoms with van der Waals surface area (Å²) in [6.07, 6.45) is 4.70. The first-order chi connectivity index (χ1) is 17.0. The zero-order valence-electron chi connectivity index (χ0n) is 20.8. The van der Waals surface area contributed by atoms with Crippen molar-refractivity contribution < 1.29 is 17.9 Å². The lowest BCUT2D eigenvalue weighted by Crippen LogP contribution is -2.38. The lowest BCUT2D eigenvalue weighted by Gasteiger charge is -2.28. The van der Waals surface area contributed by atoms with Gasteiger partial charge in [-0.1, -0.05) is 6.07 Å². The van der Waals surface area contributed by atoms with Crippen molar-refractivity contribution in [1.82, 2.24) is 20.1 Å². The molecule has 0 atom stereocenters. The Morgan fingerprint density at radius 1 is 1.22 bits per heavy atom. The number of amides is 1. The molecule has 1 fully saturated rings. The number of alkyl carbamates (subject to hydrolysis) is 1. The summed E-state index contributed by atoms with van der Waals surface area (Å²) in [5, 5.41) is 16.9. The number of hydrogen-bond donors (Lipinski definition) is 3. The van der Waals surface area contributed by atoms with Crippen LogP contribution in [0.2, 0.25) is 0 Å². The maximum atomic E-state index is 12.5. The molecule has 0 unspecified atom stereocenters. The highest BCUT2D eigenvalue weighted by Crippen LogP contribution is 2.41. The van der Waals surface area contributed by atoms with Crippen molar-refractivity contribution in [2.45, 2.75) is 69.4 Å². The fraction of sp³-hybridized carbons (Fsp3) is 0.458. The van der Waals surface area contributed by atoms with Crippen LogP contribution in [0.4, 0.5) is 16.3 Å². The van der Waals surface area contributed by atoms with Gasteiger partial charge in [0.1, 0.15) is 0 Å². The van der Waals surface area contributed by atoms with Crippen LogP contribution in [0.15, 0.2) is 35.4 Å². The lowest BCUT2D eigenvalue weighted by atomic mass is 9.86. The molecule has 4 rings (SSSR count). The second-order valence-electron chi connectivity index (χ2n) is 9.37. The van der Waals surface area contributed by atoms with Gasteiger partial charge in [0.15, 0.2) is 5.82 Å². The van der Waals surface area contributed by atoms with Crippen molar-refractivity contribution >= 4 is 39.0 Å². The van der Waals surface area contributed by atoms with Gasteiger partial charge in [0.05, 0.1) is 26.6 Å². The quantitative estimate of drug-likeness (QED) is 0.409. The van der Waals surface area contributed by atoms with E-state index in [1.54, 1.807) is 30.1 Å². The minimum absolute atomic E-state index is 0.0401. The minimum atomic E-state index is -3.99. The zero-order chi connectivity index (χ0) is 26.0. The van der Waals surface area contributed by atoms with Gasteiger partial charge in [0.25, 0.3) is 0 Å². The Kier molecular flexibility index (Phi) is 7.67. The Bertz CT molecular complexity index is 1340. The Morgan fingerprint density at radius 3 is 2.56 bits per heavy atom. The van der Waals surface area contributed by atoms with Crippen molar-refractivity contribution in [3.05, 3.63) is 41.2 Å². The van der Waals surface area contributed by atoms with E-state index in [2.05, 4.69) is 15.7 Å². The van der Waals surface area contributed by atoms with E-state index in [9.17, 15) is 13.2 Å². The number of ether oxygens (including phenoxy) is 1. The molecule has 0 radical (unpaired) electrons. The number of anilines is 2. The number of nitrogens with one attached hydrogen (secondary N) is 2. The predicted molar refractivity (Wildman–Crippen MR) is 140 cm³/mol. The molecule has 0 bridgehead atoms. The number of aromatic nitrogens is 3. The Labute approximate surface area is 215 Å². The lowest BCUT2D eigenvalue weighted by molar-refractivity contribution is 0.109. The molecule has 10 nitrogen and oxygen atoms in total. The summed E-state index contributed by atoms with van der Waals surface area (Å²) in [6.45, 7) is 5.53. The Hall–Kier alpha value is -2.96. The van der Waals surface area contributed by atoms with Crippen LogP contribution in [0.3, 0.4) is 0 Å². The molecule has 1 aliphatic rings. The average molecular weight is 533 g/mol. The van der Waals surface area contributed by atoms with Crippen LogP contribution < -0.4 is 15.8 Å². The second-order valence-corrected chi connectivity index (χ2v) is 11.9. The second kappa shape index (κ2) is 10.6. The third-order valence-corrected chi connectivity index (χ3v) is 8.38. The highest BCUT2D eigenvalue weighted by molar-refractivity contribution is 7.89. The third-order valence-electron chi connectivity index (χ3n) is 6.07. The molecule has 1 aromatic carbocycles. The molecule has 36 heavy (non-hydrogen) atoms. The maximum Gasteiger partial charge on any atom is 0.407 e. The summed E-state index contributed by atoms with van der Waals surface area (Å²) in [4.78, 5) is 17.5. The average Bonchev–Trinajstić information content (AvgIpc) is 3.38. The Balaban J connectivity index is 1.52. The van der Waals surface area contributed by atoms with Crippen LogP contribution in [-0.4, -0.2) is 41.4 Å². The molecule has 1 aliphatic carbocycles. The van der Waals surface area contributed by atoms with E-state index in [4.69, 9.17) is 14.9 Å². The third kappa shape index (κ3) is 6.23. The Morgan fingerprint density at radius 2 is 1.94 bits per heavy atom. The number of rotatable bonds is 7. The number of nitrogens with two attached hydrogens (primary N) is 1. The van der Waals surface area contributed by atoms with Gasteiger partial charge >= 0.3 is 6.09 Å². The van der Waals surface area contributed by atoms with Crippen molar-refractivity contribution in [3.63, 3.8) is 0 Å². The predicted octanol–water partition coefficient (Wildman–Crippen LogP) is 4.40. The number of nitrogens with zero attached hydrogens (tertiary/aromatic N) is 3. The molecule has 1 saturated carbocycles. The van der Waals surface area contributed by atoms with Crippen LogP contribution >= 0.6 is 11.3 Å². The van der Waals surface area contributed by atoms with E-state index in [1.807, 2.05) is 26.8 Å². The summed E-state index contributed by atoms with van der Waals surface area (Å²) in [7, 11) is -2.19. The zero-order valence-corrected chi connectivity index (χ0v) is 22.4. The van der Waals surface area contributed by atoms with Crippen LogP contribution in [0, 0.1) is 6.92 Å². The van der Waals surface area contributed by atoms with Crippen molar-refractivity contribution in [3.8, 4) is 10.4 Å². The smallest absolute Gasteiger partial charge is 0.407 e. The van der Waals surface area contributed by atoms with E-state index in [-0.39, 0.29) is 29.1 Å². The summed E-state index contributed by atoms with van der Waals surface area (Å²) >= 11 is 1.51. The van der Waals surface area contributed by atoms with Crippen LogP contribution in [-0.2, 0) is 21.8 Å². The molecule has 4 N–H and O–H groups in total. The highest BCUT2D eigenvalue weighted by atomic mass is 32.2. The van der Waals surface area contributed by atoms with E-state index < -0.39 is 10.0 Å². The molecule has 2 aromatic heterocycles. The van der Waals surface area contributed by atoms with Gasteiger partial charge in [-0.25, -0.2) is 23.3 Å². The fourth-order valence-electron chi connectivity index (χ4n) is 4.39. The summed E-state index contributed by atoms with van der Waals surface area (Å²) in [5.41, 5.74) is 1.88. The van der Waals surface area contributed by atoms with Crippen molar-refractivity contribution in [1.29, 1.82) is 0 Å². The van der Waals surface area contributed by atoms with Gasteiger partial charge < -0.3 is 15.4 Å². The molecule has 1 amide bonds. The number of primary sulfonamides is 1. The molecule has 12 heteroatoms. The first-order valence-corrected chi connectivity index (χ1v) is 14.2. The SMILES string of the molecule is Cc1nc([C@H]2CC[C@H](NC(=O)OC(C)C)CC2)sc1-c1ccc(Nc2ccn(C)n2)cc1S(N)(=O)=O. The van der Waals surface area contributed by atoms with Crippen LogP contribution in [0.5, 0.6) is 0 Å². The molecule has 3 aromatic rings. The standard InChI is InChI=1S/C24H32N6O4S2/c1-14(2)34-24(31)28-17-7-5-16(6-8-17)23-26-15(3)22(35-23)19-10-9-18(13-20(19)36(25,32)33)27-21-11-12-30(4)29-21/h9-14,16-17H,5-8H2,1-4H3,(H,27,29)(H,28,31)(H2,25,32,33)/t16-,17-. The number of thiazole rings is 1. The van der Waals surface area contributed by atoms with E-state index in [0.717, 1.165) is 41.3 Å². The molecule has 2 heterocycles. The minimum Gasteiger partial charge on any atom is -0.447 e. The van der Waals surface area contributed by atoms with Gasteiger partial charge in [-0.05, 0) is 58.6 Å². The molecule has 0 aliphatic heterocycles. The van der Waals surface area contributed by atoms with Gasteiger partial charge in [-0.2, -0.15) is 5.10 Å². The number of hydrogen-bond acceptors (Lipinski definition) is 8. The summed E-state index contributed by atoms with van der Waals surface area (Å²) in [6, 6.07) is 6.98. The monoisotopic (exact) mass is 532 g/mol. The van der Waals surface area contributed by atoms with Crippen LogP contribution in [0.1, 0.15) is 56.2 Å². The van der Waals surface area contributed by atoms with Crippen LogP contribution in [0.25, 0.3) is 10.4 Å². The first kappa shape index (κ1) is 26.1. The van der Waals surface area contributed by atoms with Gasteiger partial charge in [0, 0.05) is 42.5 Å². The number of sulfonamides is 1.